The fourth-order valence-corrected chi connectivity index (χ4v) is 4.91. The highest BCUT2D eigenvalue weighted by atomic mass is 32.1. The average Bonchev–Trinajstić information content (AvgIpc) is 2.92. The lowest BCUT2D eigenvalue weighted by Gasteiger charge is -2.39. The fourth-order valence-electron chi connectivity index (χ4n) is 4.65. The van der Waals surface area contributed by atoms with Crippen LogP contribution < -0.4 is 10.6 Å². The molecule has 27 heavy (non-hydrogen) atoms. The molecule has 3 nitrogen and oxygen atoms in total. The molecule has 0 spiro atoms. The van der Waals surface area contributed by atoms with E-state index < -0.39 is 0 Å². The number of rotatable bonds is 6. The molecule has 2 aromatic carbocycles. The van der Waals surface area contributed by atoms with Gasteiger partial charge in [0.05, 0.1) is 0 Å². The molecule has 2 aliphatic heterocycles. The first-order valence-electron chi connectivity index (χ1n) is 10.2. The number of hydrogen-bond acceptors (Lipinski definition) is 2. The maximum absolute atomic E-state index is 5.55. The number of piperidine rings is 1. The molecule has 2 saturated heterocycles. The highest BCUT2D eigenvalue weighted by Crippen LogP contribution is 2.36. The number of nitrogens with zero attached hydrogens (tertiary/aromatic N) is 1. The van der Waals surface area contributed by atoms with Gasteiger partial charge in [-0.3, -0.25) is 4.90 Å². The van der Waals surface area contributed by atoms with Crippen molar-refractivity contribution < 1.29 is 0 Å². The Balaban J connectivity index is 1.23. The van der Waals surface area contributed by atoms with E-state index in [1.807, 2.05) is 0 Å². The molecule has 4 heteroatoms. The third kappa shape index (κ3) is 4.88. The monoisotopic (exact) mass is 379 g/mol. The number of thiocarbonyl (C=S) groups is 1. The van der Waals surface area contributed by atoms with E-state index in [9.17, 15) is 0 Å². The zero-order valence-corrected chi connectivity index (χ0v) is 16.6. The van der Waals surface area contributed by atoms with Crippen LogP contribution in [0.4, 0.5) is 0 Å². The minimum absolute atomic E-state index is 0.506. The molecular weight excluding hydrogens is 350 g/mol. The van der Waals surface area contributed by atoms with Crippen molar-refractivity contribution in [1.82, 2.24) is 15.5 Å². The summed E-state index contributed by atoms with van der Waals surface area (Å²) < 4.78 is 0. The molecule has 2 atom stereocenters. The second kappa shape index (κ2) is 8.85. The van der Waals surface area contributed by atoms with Gasteiger partial charge in [0.1, 0.15) is 0 Å². The summed E-state index contributed by atoms with van der Waals surface area (Å²) >= 11 is 5.55. The second-order valence-corrected chi connectivity index (χ2v) is 8.26. The number of hydrogen-bond donors (Lipinski definition) is 2. The Kier molecular flexibility index (Phi) is 6.05. The molecule has 142 valence electrons. The SMILES string of the molecule is S=C(NCCc1ccccc1)NC1C[C@H]2CC[C@H](C1)N2Cc1ccccc1. The van der Waals surface area contributed by atoms with Crippen molar-refractivity contribution in [3.8, 4) is 0 Å². The predicted molar refractivity (Wildman–Crippen MR) is 116 cm³/mol. The van der Waals surface area contributed by atoms with Crippen LogP contribution in [0.3, 0.4) is 0 Å². The van der Waals surface area contributed by atoms with Crippen LogP contribution in [0.15, 0.2) is 60.7 Å². The van der Waals surface area contributed by atoms with Crippen molar-refractivity contribution >= 4 is 17.3 Å². The van der Waals surface area contributed by atoms with Gasteiger partial charge < -0.3 is 10.6 Å². The summed E-state index contributed by atoms with van der Waals surface area (Å²) in [7, 11) is 0. The van der Waals surface area contributed by atoms with E-state index in [1.165, 1.54) is 36.8 Å². The van der Waals surface area contributed by atoms with E-state index in [-0.39, 0.29) is 0 Å². The molecule has 2 fully saturated rings. The highest BCUT2D eigenvalue weighted by molar-refractivity contribution is 7.80. The standard InChI is InChI=1S/C23H29N3S/c27-23(24-14-13-18-7-3-1-4-8-18)25-20-15-21-11-12-22(16-20)26(21)17-19-9-5-2-6-10-19/h1-10,20-22H,11-17H2,(H2,24,25,27)/t21-,22-/m1/s1. The molecule has 2 bridgehead atoms. The van der Waals surface area contributed by atoms with Gasteiger partial charge >= 0.3 is 0 Å². The average molecular weight is 380 g/mol. The van der Waals surface area contributed by atoms with Crippen LogP contribution in [0.5, 0.6) is 0 Å². The van der Waals surface area contributed by atoms with Crippen LogP contribution in [-0.4, -0.2) is 34.7 Å². The first kappa shape index (κ1) is 18.5. The van der Waals surface area contributed by atoms with Crippen molar-refractivity contribution in [2.75, 3.05) is 6.54 Å². The predicted octanol–water partition coefficient (Wildman–Crippen LogP) is 3.89. The zero-order valence-electron chi connectivity index (χ0n) is 15.8. The van der Waals surface area contributed by atoms with Crippen LogP contribution in [0.25, 0.3) is 0 Å². The summed E-state index contributed by atoms with van der Waals surface area (Å²) in [5.41, 5.74) is 2.78. The van der Waals surface area contributed by atoms with Gasteiger partial charge in [0.25, 0.3) is 0 Å². The van der Waals surface area contributed by atoms with E-state index in [1.54, 1.807) is 0 Å². The van der Waals surface area contributed by atoms with Gasteiger partial charge in [0.2, 0.25) is 0 Å². The van der Waals surface area contributed by atoms with Gasteiger partial charge in [-0.2, -0.15) is 0 Å². The number of benzene rings is 2. The second-order valence-electron chi connectivity index (χ2n) is 7.85. The van der Waals surface area contributed by atoms with Crippen molar-refractivity contribution in [3.63, 3.8) is 0 Å². The highest BCUT2D eigenvalue weighted by Gasteiger charge is 2.40. The van der Waals surface area contributed by atoms with Crippen molar-refractivity contribution in [1.29, 1.82) is 0 Å². The van der Waals surface area contributed by atoms with Crippen molar-refractivity contribution in [2.24, 2.45) is 0 Å². The molecule has 2 aliphatic rings. The van der Waals surface area contributed by atoms with Gasteiger partial charge in [-0.25, -0.2) is 0 Å². The van der Waals surface area contributed by atoms with Gasteiger partial charge in [-0.1, -0.05) is 60.7 Å². The summed E-state index contributed by atoms with van der Waals surface area (Å²) in [6.07, 6.45) is 6.05. The van der Waals surface area contributed by atoms with Crippen LogP contribution in [0, 0.1) is 0 Å². The van der Waals surface area contributed by atoms with E-state index in [0.29, 0.717) is 18.1 Å². The molecule has 2 N–H and O–H groups in total. The maximum atomic E-state index is 5.55. The molecule has 0 saturated carbocycles. The van der Waals surface area contributed by atoms with Gasteiger partial charge in [-0.05, 0) is 55.4 Å². The Morgan fingerprint density at radius 1 is 0.889 bits per heavy atom. The number of nitrogens with one attached hydrogen (secondary N) is 2. The topological polar surface area (TPSA) is 27.3 Å². The lowest BCUT2D eigenvalue weighted by atomic mass is 9.96. The van der Waals surface area contributed by atoms with E-state index in [4.69, 9.17) is 12.2 Å². The summed E-state index contributed by atoms with van der Waals surface area (Å²) in [4.78, 5) is 2.72. The van der Waals surface area contributed by atoms with Crippen LogP contribution in [-0.2, 0) is 13.0 Å². The van der Waals surface area contributed by atoms with Crippen LogP contribution in [0.2, 0.25) is 0 Å². The van der Waals surface area contributed by atoms with Gasteiger partial charge in [0.15, 0.2) is 5.11 Å². The molecular formula is C23H29N3S. The zero-order chi connectivity index (χ0) is 18.5. The van der Waals surface area contributed by atoms with Crippen LogP contribution >= 0.6 is 12.2 Å². The Bertz CT molecular complexity index is 720. The summed E-state index contributed by atoms with van der Waals surface area (Å²) in [6.45, 7) is 1.97. The third-order valence-corrected chi connectivity index (χ3v) is 6.23. The first-order valence-corrected chi connectivity index (χ1v) is 10.6. The minimum Gasteiger partial charge on any atom is -0.362 e. The summed E-state index contributed by atoms with van der Waals surface area (Å²) in [5.74, 6) is 0. The van der Waals surface area contributed by atoms with Crippen molar-refractivity contribution in [3.05, 3.63) is 71.8 Å². The Morgan fingerprint density at radius 2 is 1.48 bits per heavy atom. The molecule has 0 unspecified atom stereocenters. The summed E-state index contributed by atoms with van der Waals surface area (Å²) in [5, 5.41) is 7.78. The smallest absolute Gasteiger partial charge is 0.166 e. The number of fused-ring (bicyclic) bond motifs is 2. The lowest BCUT2D eigenvalue weighted by Crippen LogP contribution is -2.52. The minimum atomic E-state index is 0.506. The van der Waals surface area contributed by atoms with E-state index >= 15 is 0 Å². The van der Waals surface area contributed by atoms with E-state index in [0.717, 1.165) is 24.6 Å². The maximum Gasteiger partial charge on any atom is 0.166 e. The quantitative estimate of drug-likeness (QED) is 0.745. The molecule has 0 amide bonds. The molecule has 2 aromatic rings. The lowest BCUT2D eigenvalue weighted by molar-refractivity contribution is 0.115. The van der Waals surface area contributed by atoms with Crippen LogP contribution in [0.1, 0.15) is 36.8 Å². The molecule has 0 aromatic heterocycles. The van der Waals surface area contributed by atoms with Gasteiger partial charge in [-0.15, -0.1) is 0 Å². The normalized spacial score (nSPS) is 24.5. The largest absolute Gasteiger partial charge is 0.362 e. The molecule has 0 aliphatic carbocycles. The molecule has 0 radical (unpaired) electrons. The Hall–Kier alpha value is -1.91. The van der Waals surface area contributed by atoms with E-state index in [2.05, 4.69) is 76.2 Å². The fraction of sp³-hybridized carbons (Fsp3) is 0.435. The molecule has 4 rings (SSSR count). The Labute approximate surface area is 168 Å². The third-order valence-electron chi connectivity index (χ3n) is 5.97. The first-order chi connectivity index (χ1) is 13.3. The summed E-state index contributed by atoms with van der Waals surface area (Å²) in [6, 6.07) is 23.3. The Morgan fingerprint density at radius 3 is 2.11 bits per heavy atom. The molecule has 2 heterocycles. The van der Waals surface area contributed by atoms with Gasteiger partial charge in [0, 0.05) is 31.2 Å². The van der Waals surface area contributed by atoms with Crippen molar-refractivity contribution in [2.45, 2.75) is 56.8 Å².